The molecule has 0 bridgehead atoms. The largest absolute Gasteiger partial charge is 0.378 e. The van der Waals surface area contributed by atoms with Gasteiger partial charge in [0.1, 0.15) is 12.0 Å². The highest BCUT2D eigenvalue weighted by Gasteiger charge is 2.44. The summed E-state index contributed by atoms with van der Waals surface area (Å²) in [7, 11) is 0. The first-order valence-electron chi connectivity index (χ1n) is 10.6. The van der Waals surface area contributed by atoms with E-state index in [9.17, 15) is 4.79 Å². The average molecular weight is 431 g/mol. The van der Waals surface area contributed by atoms with Gasteiger partial charge in [0.2, 0.25) is 5.91 Å². The number of fused-ring (bicyclic) bond motifs is 1. The van der Waals surface area contributed by atoms with E-state index in [1.165, 1.54) is 11.8 Å². The van der Waals surface area contributed by atoms with Crippen molar-refractivity contribution >= 4 is 34.4 Å². The van der Waals surface area contributed by atoms with Gasteiger partial charge in [0.05, 0.1) is 30.1 Å². The number of aryl methyl sites for hydroxylation is 1. The number of para-hydroxylation sites is 1. The number of amides is 1. The van der Waals surface area contributed by atoms with Crippen molar-refractivity contribution in [1.29, 1.82) is 5.41 Å². The molecule has 0 aliphatic carbocycles. The number of hydrazine groups is 1. The fourth-order valence-corrected chi connectivity index (χ4v) is 5.30. The van der Waals surface area contributed by atoms with Crippen molar-refractivity contribution in [3.63, 3.8) is 0 Å². The van der Waals surface area contributed by atoms with Crippen molar-refractivity contribution < 1.29 is 9.53 Å². The Morgan fingerprint density at radius 1 is 1.33 bits per heavy atom. The second-order valence-electron chi connectivity index (χ2n) is 7.92. The summed E-state index contributed by atoms with van der Waals surface area (Å²) in [6, 6.07) is 8.14. The van der Waals surface area contributed by atoms with Gasteiger partial charge in [0, 0.05) is 19.1 Å². The number of thioether (sulfide) groups is 1. The zero-order valence-corrected chi connectivity index (χ0v) is 18.5. The lowest BCUT2D eigenvalue weighted by Gasteiger charge is -2.38. The molecular weight excluding hydrogens is 400 g/mol. The number of hydrogen-bond donors (Lipinski definition) is 3. The second-order valence-corrected chi connectivity index (χ2v) is 9.09. The van der Waals surface area contributed by atoms with Crippen LogP contribution in [0.5, 0.6) is 0 Å². The van der Waals surface area contributed by atoms with Crippen LogP contribution in [-0.2, 0) is 9.53 Å². The third kappa shape index (κ3) is 3.99. The normalized spacial score (nSPS) is 27.6. The number of morpholine rings is 1. The Bertz CT molecular complexity index is 841. The Morgan fingerprint density at radius 2 is 2.07 bits per heavy atom. The SMILES string of the molecule is CCC(SC1=NC2NNC(C)C2C(=N)N1c1ccccc1C)C(=O)N1CCOCC1. The van der Waals surface area contributed by atoms with Crippen LogP contribution in [0, 0.1) is 18.3 Å². The van der Waals surface area contributed by atoms with Gasteiger partial charge in [-0.2, -0.15) is 0 Å². The van der Waals surface area contributed by atoms with Gasteiger partial charge in [-0.1, -0.05) is 36.9 Å². The van der Waals surface area contributed by atoms with Crippen molar-refractivity contribution in [2.45, 2.75) is 44.6 Å². The second kappa shape index (κ2) is 9.05. The minimum atomic E-state index is -0.246. The minimum Gasteiger partial charge on any atom is -0.378 e. The van der Waals surface area contributed by atoms with Gasteiger partial charge in [-0.15, -0.1) is 0 Å². The predicted molar refractivity (Wildman–Crippen MR) is 121 cm³/mol. The van der Waals surface area contributed by atoms with Gasteiger partial charge < -0.3 is 9.64 Å². The molecule has 1 aromatic carbocycles. The molecule has 0 aromatic heterocycles. The van der Waals surface area contributed by atoms with Crippen molar-refractivity contribution in [3.8, 4) is 0 Å². The minimum absolute atomic E-state index is 0.0658. The first-order chi connectivity index (χ1) is 14.5. The summed E-state index contributed by atoms with van der Waals surface area (Å²) < 4.78 is 5.40. The van der Waals surface area contributed by atoms with Gasteiger partial charge in [-0.3, -0.25) is 20.5 Å². The summed E-state index contributed by atoms with van der Waals surface area (Å²) in [4.78, 5) is 21.9. The number of nitrogens with zero attached hydrogens (tertiary/aromatic N) is 3. The van der Waals surface area contributed by atoms with Crippen LogP contribution in [0.3, 0.4) is 0 Å². The average Bonchev–Trinajstić information content (AvgIpc) is 3.14. The Balaban J connectivity index is 1.65. The summed E-state index contributed by atoms with van der Waals surface area (Å²) in [5.74, 6) is 0.562. The van der Waals surface area contributed by atoms with Crippen molar-refractivity contribution in [1.82, 2.24) is 15.8 Å². The van der Waals surface area contributed by atoms with E-state index < -0.39 is 0 Å². The van der Waals surface area contributed by atoms with E-state index in [0.29, 0.717) is 43.7 Å². The maximum absolute atomic E-state index is 13.2. The molecule has 0 radical (unpaired) electrons. The fourth-order valence-electron chi connectivity index (χ4n) is 4.15. The van der Waals surface area contributed by atoms with Gasteiger partial charge in [0.15, 0.2) is 5.17 Å². The standard InChI is InChI=1S/C21H30N6O2S/c1-4-16(20(28)26-9-11-29-12-10-26)30-21-23-19-17(14(3)24-25-19)18(22)27(21)15-8-6-5-7-13(15)2/h5-8,14,16-17,19,22,24-25H,4,9-12H2,1-3H3. The number of carbonyl (C=O) groups excluding carboxylic acids is 1. The maximum atomic E-state index is 13.2. The third-order valence-electron chi connectivity index (χ3n) is 5.91. The highest BCUT2D eigenvalue weighted by Crippen LogP contribution is 2.35. The Labute approximate surface area is 181 Å². The number of ether oxygens (including phenoxy) is 1. The summed E-state index contributed by atoms with van der Waals surface area (Å²) in [6.07, 6.45) is 0.497. The molecule has 4 rings (SSSR count). The number of aliphatic imine (C=N–C) groups is 1. The van der Waals surface area contributed by atoms with Gasteiger partial charge >= 0.3 is 0 Å². The molecule has 3 heterocycles. The van der Waals surface area contributed by atoms with Crippen LogP contribution in [-0.4, -0.2) is 65.6 Å². The summed E-state index contributed by atoms with van der Waals surface area (Å²) in [5, 5.41) is 9.47. The van der Waals surface area contributed by atoms with Crippen molar-refractivity contribution in [2.24, 2.45) is 10.9 Å². The van der Waals surface area contributed by atoms with Gasteiger partial charge in [-0.25, -0.2) is 10.4 Å². The monoisotopic (exact) mass is 430 g/mol. The fraction of sp³-hybridized carbons (Fsp3) is 0.571. The zero-order valence-electron chi connectivity index (χ0n) is 17.7. The summed E-state index contributed by atoms with van der Waals surface area (Å²) >= 11 is 1.47. The van der Waals surface area contributed by atoms with Crippen LogP contribution in [0.25, 0.3) is 0 Å². The summed E-state index contributed by atoms with van der Waals surface area (Å²) in [6.45, 7) is 8.58. The van der Waals surface area contributed by atoms with E-state index in [1.807, 2.05) is 47.9 Å². The molecule has 4 unspecified atom stereocenters. The van der Waals surface area contributed by atoms with Crippen LogP contribution >= 0.6 is 11.8 Å². The number of benzene rings is 1. The lowest BCUT2D eigenvalue weighted by atomic mass is 9.96. The first kappa shape index (κ1) is 21.3. The number of anilines is 1. The van der Waals surface area contributed by atoms with Crippen LogP contribution in [0.15, 0.2) is 29.3 Å². The van der Waals surface area contributed by atoms with E-state index in [2.05, 4.69) is 17.8 Å². The molecule has 2 fully saturated rings. The number of rotatable bonds is 4. The van der Waals surface area contributed by atoms with Gasteiger partial charge in [0.25, 0.3) is 0 Å². The molecule has 3 aliphatic heterocycles. The van der Waals surface area contributed by atoms with E-state index in [0.717, 1.165) is 11.3 Å². The third-order valence-corrected chi connectivity index (χ3v) is 7.23. The molecule has 0 saturated carbocycles. The van der Waals surface area contributed by atoms with Crippen molar-refractivity contribution in [2.75, 3.05) is 31.2 Å². The Kier molecular flexibility index (Phi) is 6.43. The lowest BCUT2D eigenvalue weighted by molar-refractivity contribution is -0.134. The predicted octanol–water partition coefficient (Wildman–Crippen LogP) is 1.96. The van der Waals surface area contributed by atoms with E-state index in [-0.39, 0.29) is 29.3 Å². The van der Waals surface area contributed by atoms with E-state index >= 15 is 0 Å². The Morgan fingerprint density at radius 3 is 2.77 bits per heavy atom. The van der Waals surface area contributed by atoms with E-state index in [4.69, 9.17) is 15.1 Å². The van der Waals surface area contributed by atoms with Crippen LogP contribution < -0.4 is 15.8 Å². The number of hydrogen-bond acceptors (Lipinski definition) is 7. The molecule has 2 saturated heterocycles. The maximum Gasteiger partial charge on any atom is 0.236 e. The molecule has 8 nitrogen and oxygen atoms in total. The molecular formula is C21H30N6O2S. The van der Waals surface area contributed by atoms with E-state index in [1.54, 1.807) is 0 Å². The van der Waals surface area contributed by atoms with Crippen LogP contribution in [0.1, 0.15) is 25.8 Å². The zero-order chi connectivity index (χ0) is 21.3. The molecule has 3 aliphatic rings. The smallest absolute Gasteiger partial charge is 0.236 e. The van der Waals surface area contributed by atoms with Gasteiger partial charge in [-0.05, 0) is 31.9 Å². The quantitative estimate of drug-likeness (QED) is 0.676. The Hall–Kier alpha value is -1.94. The molecule has 1 aromatic rings. The number of nitrogens with one attached hydrogen (secondary N) is 3. The number of carbonyl (C=O) groups is 1. The molecule has 4 atom stereocenters. The highest BCUT2D eigenvalue weighted by atomic mass is 32.2. The highest BCUT2D eigenvalue weighted by molar-refractivity contribution is 8.15. The lowest BCUT2D eigenvalue weighted by Crippen LogP contribution is -2.51. The topological polar surface area (TPSA) is 93.1 Å². The molecule has 30 heavy (non-hydrogen) atoms. The summed E-state index contributed by atoms with van der Waals surface area (Å²) in [5.41, 5.74) is 8.45. The molecule has 9 heteroatoms. The number of amidine groups is 2. The molecule has 1 amide bonds. The molecule has 0 spiro atoms. The first-order valence-corrected chi connectivity index (χ1v) is 11.5. The molecule has 3 N–H and O–H groups in total. The van der Waals surface area contributed by atoms with Crippen LogP contribution in [0.2, 0.25) is 0 Å². The van der Waals surface area contributed by atoms with Crippen LogP contribution in [0.4, 0.5) is 5.69 Å². The van der Waals surface area contributed by atoms with Crippen molar-refractivity contribution in [3.05, 3.63) is 29.8 Å². The molecule has 162 valence electrons.